The Balaban J connectivity index is 1.21. The van der Waals surface area contributed by atoms with Crippen LogP contribution in [-0.2, 0) is 11.3 Å². The van der Waals surface area contributed by atoms with Gasteiger partial charge in [-0.3, -0.25) is 9.69 Å². The summed E-state index contributed by atoms with van der Waals surface area (Å²) in [5, 5.41) is 5.44. The molecule has 0 N–H and O–H groups in total. The molecule has 1 saturated carbocycles. The number of thiophene rings is 1. The first kappa shape index (κ1) is 21.0. The van der Waals surface area contributed by atoms with E-state index in [1.807, 2.05) is 0 Å². The van der Waals surface area contributed by atoms with Crippen LogP contribution in [0.2, 0.25) is 0 Å². The molecule has 2 aliphatic rings. The third kappa shape index (κ3) is 5.47. The minimum absolute atomic E-state index is 0.284. The number of hydrogen-bond donors (Lipinski definition) is 0. The summed E-state index contributed by atoms with van der Waals surface area (Å²) in [6, 6.07) is 4.21. The smallest absolute Gasteiger partial charge is 0.225 e. The molecule has 1 saturated heterocycles. The van der Waals surface area contributed by atoms with Crippen molar-refractivity contribution in [2.45, 2.75) is 58.4 Å². The Morgan fingerprint density at radius 1 is 1.14 bits per heavy atom. The molecule has 0 radical (unpaired) electrons. The average Bonchev–Trinajstić information content (AvgIpc) is 3.45. The zero-order chi connectivity index (χ0) is 20.1. The number of aromatic nitrogens is 1. The van der Waals surface area contributed by atoms with Gasteiger partial charge >= 0.3 is 0 Å². The minimum Gasteiger partial charge on any atom is -0.340 e. The van der Waals surface area contributed by atoms with Gasteiger partial charge in [0.15, 0.2) is 0 Å². The van der Waals surface area contributed by atoms with E-state index >= 15 is 0 Å². The molecule has 2 aromatic heterocycles. The molecular formula is C23H33N3OS2. The second kappa shape index (κ2) is 10.2. The van der Waals surface area contributed by atoms with Crippen molar-refractivity contribution in [3.8, 4) is 10.6 Å². The Hall–Kier alpha value is -1.24. The fourth-order valence-electron chi connectivity index (χ4n) is 4.69. The fourth-order valence-corrected chi connectivity index (χ4v) is 6.28. The van der Waals surface area contributed by atoms with Gasteiger partial charge in [0.2, 0.25) is 5.91 Å². The maximum Gasteiger partial charge on any atom is 0.225 e. The lowest BCUT2D eigenvalue weighted by Crippen LogP contribution is -2.50. The third-order valence-electron chi connectivity index (χ3n) is 6.53. The van der Waals surface area contributed by atoms with Gasteiger partial charge < -0.3 is 4.90 Å². The highest BCUT2D eigenvalue weighted by atomic mass is 32.1. The summed E-state index contributed by atoms with van der Waals surface area (Å²) in [4.78, 5) is 23.6. The molecule has 0 atom stereocenters. The van der Waals surface area contributed by atoms with Crippen molar-refractivity contribution in [1.29, 1.82) is 0 Å². The van der Waals surface area contributed by atoms with Crippen LogP contribution in [0.4, 0.5) is 0 Å². The van der Waals surface area contributed by atoms with Crippen LogP contribution in [0, 0.1) is 11.8 Å². The molecule has 4 rings (SSSR count). The number of piperazine rings is 1. The molecule has 4 nitrogen and oxygen atoms in total. The second-order valence-corrected chi connectivity index (χ2v) is 10.5. The molecule has 6 heteroatoms. The van der Waals surface area contributed by atoms with E-state index < -0.39 is 0 Å². The van der Waals surface area contributed by atoms with E-state index in [-0.39, 0.29) is 5.92 Å². The normalized spacial score (nSPS) is 23.4. The Kier molecular flexibility index (Phi) is 7.38. The van der Waals surface area contributed by atoms with E-state index in [1.54, 1.807) is 22.7 Å². The van der Waals surface area contributed by atoms with E-state index in [2.05, 4.69) is 39.6 Å². The van der Waals surface area contributed by atoms with Gasteiger partial charge in [-0.2, -0.15) is 0 Å². The zero-order valence-corrected chi connectivity index (χ0v) is 19.1. The number of carbonyl (C=O) groups is 1. The number of rotatable bonds is 7. The molecule has 2 fully saturated rings. The first-order valence-electron chi connectivity index (χ1n) is 11.2. The van der Waals surface area contributed by atoms with Crippen molar-refractivity contribution in [3.05, 3.63) is 27.9 Å². The molecule has 1 amide bonds. The topological polar surface area (TPSA) is 36.4 Å². The summed E-state index contributed by atoms with van der Waals surface area (Å²) in [5.41, 5.74) is 1.10. The minimum atomic E-state index is 0.284. The largest absolute Gasteiger partial charge is 0.340 e. The maximum absolute atomic E-state index is 13.0. The van der Waals surface area contributed by atoms with Crippen LogP contribution in [0.1, 0.15) is 56.9 Å². The molecule has 0 spiro atoms. The second-order valence-electron chi connectivity index (χ2n) is 8.57. The highest BCUT2D eigenvalue weighted by molar-refractivity contribution is 7.14. The molecule has 0 bridgehead atoms. The standard InChI is InChI=1S/C23H33N3OS2/c1-2-3-5-18-7-9-19(10-8-18)23(27)26-13-11-25(12-14-26)16-22-24-20(17-29-22)21-6-4-15-28-21/h4,6,15,17-19H,2-3,5,7-14,16H2,1H3. The van der Waals surface area contributed by atoms with Crippen LogP contribution in [0.15, 0.2) is 22.9 Å². The van der Waals surface area contributed by atoms with Crippen LogP contribution in [0.25, 0.3) is 10.6 Å². The highest BCUT2D eigenvalue weighted by Crippen LogP contribution is 2.33. The molecule has 1 aliphatic heterocycles. The van der Waals surface area contributed by atoms with Gasteiger partial charge in [-0.15, -0.1) is 22.7 Å². The number of amides is 1. The summed E-state index contributed by atoms with van der Waals surface area (Å²) in [5.74, 6) is 1.58. The Labute approximate surface area is 182 Å². The number of carbonyl (C=O) groups excluding carboxylic acids is 1. The van der Waals surface area contributed by atoms with Crippen LogP contribution in [0.5, 0.6) is 0 Å². The van der Waals surface area contributed by atoms with Gasteiger partial charge in [-0.1, -0.05) is 32.3 Å². The van der Waals surface area contributed by atoms with E-state index in [4.69, 9.17) is 4.98 Å². The Morgan fingerprint density at radius 2 is 1.93 bits per heavy atom. The summed E-state index contributed by atoms with van der Waals surface area (Å²) in [7, 11) is 0. The van der Waals surface area contributed by atoms with Gasteiger partial charge in [0.05, 0.1) is 17.1 Å². The monoisotopic (exact) mass is 431 g/mol. The van der Waals surface area contributed by atoms with E-state index in [1.165, 1.54) is 42.0 Å². The predicted octanol–water partition coefficient (Wildman–Crippen LogP) is 5.51. The average molecular weight is 432 g/mol. The molecule has 0 unspecified atom stereocenters. The molecule has 2 aromatic rings. The van der Waals surface area contributed by atoms with Crippen molar-refractivity contribution >= 4 is 28.6 Å². The lowest BCUT2D eigenvalue weighted by molar-refractivity contribution is -0.138. The van der Waals surface area contributed by atoms with Crippen molar-refractivity contribution < 1.29 is 4.79 Å². The van der Waals surface area contributed by atoms with Crippen LogP contribution in [0.3, 0.4) is 0 Å². The van der Waals surface area contributed by atoms with Crippen molar-refractivity contribution in [2.75, 3.05) is 26.2 Å². The molecular weight excluding hydrogens is 398 g/mol. The fraction of sp³-hybridized carbons (Fsp3) is 0.652. The summed E-state index contributed by atoms with van der Waals surface area (Å²) < 4.78 is 0. The lowest BCUT2D eigenvalue weighted by atomic mass is 9.79. The number of hydrogen-bond acceptors (Lipinski definition) is 5. The van der Waals surface area contributed by atoms with Crippen molar-refractivity contribution in [1.82, 2.24) is 14.8 Å². The zero-order valence-electron chi connectivity index (χ0n) is 17.5. The molecule has 29 heavy (non-hydrogen) atoms. The van der Waals surface area contributed by atoms with Crippen molar-refractivity contribution in [2.24, 2.45) is 11.8 Å². The van der Waals surface area contributed by atoms with Gasteiger partial charge in [0.25, 0.3) is 0 Å². The number of unbranched alkanes of at least 4 members (excludes halogenated alkanes) is 1. The first-order valence-corrected chi connectivity index (χ1v) is 13.0. The molecule has 158 valence electrons. The molecule has 3 heterocycles. The molecule has 0 aromatic carbocycles. The molecule has 1 aliphatic carbocycles. The van der Waals surface area contributed by atoms with Gasteiger partial charge in [-0.05, 0) is 43.0 Å². The Bertz CT molecular complexity index is 757. The van der Waals surface area contributed by atoms with E-state index in [0.717, 1.165) is 57.2 Å². The van der Waals surface area contributed by atoms with Gasteiger partial charge in [0.1, 0.15) is 5.01 Å². The van der Waals surface area contributed by atoms with Gasteiger partial charge in [-0.25, -0.2) is 4.98 Å². The van der Waals surface area contributed by atoms with Crippen LogP contribution >= 0.6 is 22.7 Å². The summed E-state index contributed by atoms with van der Waals surface area (Å²) in [6.45, 7) is 6.85. The van der Waals surface area contributed by atoms with Crippen LogP contribution < -0.4 is 0 Å². The van der Waals surface area contributed by atoms with Crippen LogP contribution in [-0.4, -0.2) is 46.9 Å². The number of nitrogens with zero attached hydrogens (tertiary/aromatic N) is 3. The summed E-state index contributed by atoms with van der Waals surface area (Å²) >= 11 is 3.49. The first-order chi connectivity index (χ1) is 14.2. The van der Waals surface area contributed by atoms with E-state index in [0.29, 0.717) is 5.91 Å². The highest BCUT2D eigenvalue weighted by Gasteiger charge is 2.31. The SMILES string of the molecule is CCCCC1CCC(C(=O)N2CCN(Cc3nc(-c4cccs4)cs3)CC2)CC1. The quantitative estimate of drug-likeness (QED) is 0.580. The lowest BCUT2D eigenvalue weighted by Gasteiger charge is -2.37. The Morgan fingerprint density at radius 3 is 2.62 bits per heavy atom. The predicted molar refractivity (Wildman–Crippen MR) is 122 cm³/mol. The third-order valence-corrected chi connectivity index (χ3v) is 8.26. The summed E-state index contributed by atoms with van der Waals surface area (Å²) in [6.07, 6.45) is 8.73. The van der Waals surface area contributed by atoms with Gasteiger partial charge in [0, 0.05) is 37.5 Å². The van der Waals surface area contributed by atoms with E-state index in [9.17, 15) is 4.79 Å². The van der Waals surface area contributed by atoms with Crippen molar-refractivity contribution in [3.63, 3.8) is 0 Å². The maximum atomic E-state index is 13.0. The number of thiazole rings is 1.